The van der Waals surface area contributed by atoms with Gasteiger partial charge in [0.25, 0.3) is 0 Å². The molecule has 0 saturated heterocycles. The van der Waals surface area contributed by atoms with E-state index in [0.717, 1.165) is 65.9 Å². The van der Waals surface area contributed by atoms with Crippen LogP contribution in [0.4, 0.5) is 11.4 Å². The molecule has 7 aromatic rings. The Hall–Kier alpha value is -5.98. The van der Waals surface area contributed by atoms with Crippen molar-refractivity contribution in [3.8, 4) is 0 Å². The predicted molar refractivity (Wildman–Crippen MR) is 216 cm³/mol. The van der Waals surface area contributed by atoms with Crippen molar-refractivity contribution in [2.75, 3.05) is 24.9 Å². The maximum atomic E-state index is 12.9. The molecule has 0 radical (unpaired) electrons. The van der Waals surface area contributed by atoms with Gasteiger partial charge in [0.2, 0.25) is 0 Å². The number of carbonyl (C=O) groups excluding carboxylic acids is 2. The zero-order chi connectivity index (χ0) is 36.2. The molecule has 0 bridgehead atoms. The number of hydrogen-bond donors (Lipinski definition) is 6. The number of rotatable bonds is 10. The molecule has 0 aliphatic rings. The molecule has 2 aromatic heterocycles. The highest BCUT2D eigenvalue weighted by molar-refractivity contribution is 7.80. The molecule has 0 saturated carbocycles. The molecule has 5 aromatic carbocycles. The van der Waals surface area contributed by atoms with Crippen LogP contribution in [0.1, 0.15) is 11.1 Å². The Balaban J connectivity index is 1.10. The van der Waals surface area contributed by atoms with Crippen LogP contribution in [0.25, 0.3) is 43.4 Å². The molecule has 2 atom stereocenters. The number of fused-ring (bicyclic) bond motifs is 4. The van der Waals surface area contributed by atoms with Crippen LogP contribution < -0.4 is 21.3 Å². The average molecular weight is 729 g/mol. The average Bonchev–Trinajstić information content (AvgIpc) is 3.77. The number of esters is 2. The smallest absolute Gasteiger partial charge is 0.328 e. The third kappa shape index (κ3) is 7.25. The van der Waals surface area contributed by atoms with Crippen LogP contribution in [0.15, 0.2) is 109 Å². The lowest BCUT2D eigenvalue weighted by Crippen LogP contribution is -2.44. The van der Waals surface area contributed by atoms with E-state index in [1.54, 1.807) is 0 Å². The van der Waals surface area contributed by atoms with Gasteiger partial charge in [-0.15, -0.1) is 0 Å². The zero-order valence-electron chi connectivity index (χ0n) is 28.4. The van der Waals surface area contributed by atoms with E-state index in [1.165, 1.54) is 14.2 Å². The van der Waals surface area contributed by atoms with Crippen LogP contribution in [0.2, 0.25) is 0 Å². The van der Waals surface area contributed by atoms with Gasteiger partial charge in [-0.25, -0.2) is 9.59 Å². The van der Waals surface area contributed by atoms with Crippen LogP contribution in [0.3, 0.4) is 0 Å². The number of para-hydroxylation sites is 2. The fourth-order valence-corrected chi connectivity index (χ4v) is 7.12. The standard InChI is InChI=1S/C40H36N6O4S2/c1-49-37(47)35(18-25-21-41-31-13-5-3-11-27(25)31)45-39(51)43-33-15-7-9-23-17-24-10-8-16-34(30(24)20-29(23)33)44-40(52)46-36(38(48)50-2)19-26-22-42-32-14-6-4-12-28(26)32/h3-17,20-22,35-36,41-42H,18-19H2,1-2H3,(H2,43,45,51)(H2,44,46,52)/t35-,36-/m1/s1. The van der Waals surface area contributed by atoms with E-state index in [4.69, 9.17) is 33.9 Å². The van der Waals surface area contributed by atoms with Gasteiger partial charge >= 0.3 is 11.9 Å². The number of ether oxygens (including phenoxy) is 2. The summed E-state index contributed by atoms with van der Waals surface area (Å²) in [7, 11) is 2.73. The first-order valence-corrected chi connectivity index (χ1v) is 17.5. The van der Waals surface area contributed by atoms with Gasteiger partial charge in [0.05, 0.1) is 14.2 Å². The number of hydrogen-bond acceptors (Lipinski definition) is 6. The topological polar surface area (TPSA) is 132 Å². The van der Waals surface area contributed by atoms with E-state index < -0.39 is 24.0 Å². The molecule has 52 heavy (non-hydrogen) atoms. The zero-order valence-corrected chi connectivity index (χ0v) is 30.0. The van der Waals surface area contributed by atoms with Crippen LogP contribution in [-0.2, 0) is 31.9 Å². The van der Waals surface area contributed by atoms with Gasteiger partial charge in [-0.3, -0.25) is 0 Å². The summed E-state index contributed by atoms with van der Waals surface area (Å²) in [4.78, 5) is 32.3. The van der Waals surface area contributed by atoms with Gasteiger partial charge in [0.1, 0.15) is 12.1 Å². The minimum Gasteiger partial charge on any atom is -0.467 e. The van der Waals surface area contributed by atoms with Gasteiger partial charge in [-0.1, -0.05) is 60.7 Å². The number of benzene rings is 5. The molecule has 10 nitrogen and oxygen atoms in total. The molecule has 2 heterocycles. The van der Waals surface area contributed by atoms with Crippen molar-refractivity contribution in [1.82, 2.24) is 20.6 Å². The summed E-state index contributed by atoms with van der Waals surface area (Å²) in [5.41, 5.74) is 5.44. The molecule has 0 unspecified atom stereocenters. The molecule has 0 fully saturated rings. The summed E-state index contributed by atoms with van der Waals surface area (Å²) in [5, 5.41) is 19.4. The van der Waals surface area contributed by atoms with E-state index >= 15 is 0 Å². The number of H-pyrrole nitrogens is 2. The summed E-state index contributed by atoms with van der Waals surface area (Å²) in [6, 6.07) is 30.4. The monoisotopic (exact) mass is 728 g/mol. The molecule has 7 rings (SSSR count). The highest BCUT2D eigenvalue weighted by atomic mass is 32.1. The third-order valence-corrected chi connectivity index (χ3v) is 9.60. The SMILES string of the molecule is COC(=O)[C@@H](Cc1c[nH]c2ccccc12)NC(=S)Nc1cccc2cc3cccc(NC(=S)N[C@H](Cc4c[nH]c5ccccc45)C(=O)OC)c3cc12. The van der Waals surface area contributed by atoms with E-state index in [2.05, 4.69) is 43.4 Å². The predicted octanol–water partition coefficient (Wildman–Crippen LogP) is 7.10. The molecule has 0 aliphatic carbocycles. The van der Waals surface area contributed by atoms with Crippen molar-refractivity contribution in [3.05, 3.63) is 121 Å². The maximum absolute atomic E-state index is 12.9. The summed E-state index contributed by atoms with van der Waals surface area (Å²) >= 11 is 11.5. The second kappa shape index (κ2) is 15.1. The lowest BCUT2D eigenvalue weighted by Gasteiger charge is -2.20. The molecular weight excluding hydrogens is 693 g/mol. The number of nitrogens with one attached hydrogen (secondary N) is 6. The number of anilines is 2. The normalized spacial score (nSPS) is 12.3. The van der Waals surface area contributed by atoms with Crippen molar-refractivity contribution in [3.63, 3.8) is 0 Å². The second-order valence-electron chi connectivity index (χ2n) is 12.4. The second-order valence-corrected chi connectivity index (χ2v) is 13.2. The van der Waals surface area contributed by atoms with Gasteiger partial charge in [-0.2, -0.15) is 0 Å². The Labute approximate surface area is 310 Å². The maximum Gasteiger partial charge on any atom is 0.328 e. The summed E-state index contributed by atoms with van der Waals surface area (Å²) < 4.78 is 10.3. The number of methoxy groups -OCH3 is 2. The number of carbonyl (C=O) groups is 2. The number of aromatic amines is 2. The lowest BCUT2D eigenvalue weighted by molar-refractivity contribution is -0.143. The van der Waals surface area contributed by atoms with Gasteiger partial charge in [0.15, 0.2) is 10.2 Å². The van der Waals surface area contributed by atoms with Crippen LogP contribution in [0.5, 0.6) is 0 Å². The molecule has 0 aliphatic heterocycles. The van der Waals surface area contributed by atoms with E-state index in [9.17, 15) is 9.59 Å². The molecule has 262 valence electrons. The quantitative estimate of drug-likeness (QED) is 0.0493. The Morgan fingerprint density at radius 2 is 1.04 bits per heavy atom. The third-order valence-electron chi connectivity index (χ3n) is 9.16. The fourth-order valence-electron chi connectivity index (χ4n) is 6.62. The van der Waals surface area contributed by atoms with Gasteiger partial charge < -0.3 is 40.7 Å². The molecule has 6 N–H and O–H groups in total. The van der Waals surface area contributed by atoms with Crippen molar-refractivity contribution in [1.29, 1.82) is 0 Å². The van der Waals surface area contributed by atoms with Crippen LogP contribution in [0, 0.1) is 0 Å². The Kier molecular flexibility index (Phi) is 10.0. The van der Waals surface area contributed by atoms with Crippen molar-refractivity contribution in [2.45, 2.75) is 24.9 Å². The summed E-state index contributed by atoms with van der Waals surface area (Å²) in [5.74, 6) is -0.843. The molecule has 0 amide bonds. The van der Waals surface area contributed by atoms with Crippen LogP contribution >= 0.6 is 24.4 Å². The lowest BCUT2D eigenvalue weighted by atomic mass is 10.0. The Bertz CT molecular complexity index is 2310. The highest BCUT2D eigenvalue weighted by Gasteiger charge is 2.24. The highest BCUT2D eigenvalue weighted by Crippen LogP contribution is 2.32. The van der Waals surface area contributed by atoms with Crippen LogP contribution in [-0.4, -0.2) is 58.4 Å². The minimum absolute atomic E-state index is 0.281. The Morgan fingerprint density at radius 3 is 1.48 bits per heavy atom. The first-order valence-electron chi connectivity index (χ1n) is 16.7. The van der Waals surface area contributed by atoms with E-state index in [0.29, 0.717) is 12.8 Å². The number of thiocarbonyl (C=S) groups is 2. The summed E-state index contributed by atoms with van der Waals surface area (Å²) in [6.07, 6.45) is 4.56. The Morgan fingerprint density at radius 1 is 0.596 bits per heavy atom. The first kappa shape index (κ1) is 34.5. The van der Waals surface area contributed by atoms with E-state index in [1.807, 2.05) is 97.3 Å². The largest absolute Gasteiger partial charge is 0.467 e. The van der Waals surface area contributed by atoms with E-state index in [-0.39, 0.29) is 10.2 Å². The minimum atomic E-state index is -0.714. The fraction of sp³-hybridized carbons (Fsp3) is 0.150. The van der Waals surface area contributed by atoms with Gasteiger partial charge in [0, 0.05) is 69.2 Å². The van der Waals surface area contributed by atoms with Crippen molar-refractivity contribution in [2.24, 2.45) is 0 Å². The molecular formula is C40H36N6O4S2. The summed E-state index contributed by atoms with van der Waals surface area (Å²) in [6.45, 7) is 0. The van der Waals surface area contributed by atoms with Gasteiger partial charge in [-0.05, 0) is 82.7 Å². The molecule has 12 heteroatoms. The van der Waals surface area contributed by atoms with Crippen molar-refractivity contribution >= 4 is 101 Å². The van der Waals surface area contributed by atoms with Crippen molar-refractivity contribution < 1.29 is 19.1 Å². The molecule has 0 spiro atoms. The first-order chi connectivity index (χ1) is 25.3. The number of aromatic nitrogens is 2.